The molecule has 0 spiro atoms. The molecule has 0 fully saturated rings. The van der Waals surface area contributed by atoms with Crippen LogP contribution in [0.2, 0.25) is 0 Å². The van der Waals surface area contributed by atoms with E-state index < -0.39 is 4.92 Å². The number of hydrogen-bond donors (Lipinski definition) is 0. The monoisotopic (exact) mass is 282 g/mol. The molecule has 2 rings (SSSR count). The zero-order valence-electron chi connectivity index (χ0n) is 10.9. The molecular formula is C15H10N2O4. The van der Waals surface area contributed by atoms with E-state index in [-0.39, 0.29) is 23.6 Å². The molecule has 0 unspecified atom stereocenters. The Morgan fingerprint density at radius 1 is 1.29 bits per heavy atom. The van der Waals surface area contributed by atoms with Crippen LogP contribution >= 0.6 is 0 Å². The van der Waals surface area contributed by atoms with Gasteiger partial charge in [-0.15, -0.1) is 0 Å². The highest BCUT2D eigenvalue weighted by atomic mass is 16.6. The fourth-order valence-corrected chi connectivity index (χ4v) is 1.76. The minimum absolute atomic E-state index is 0.112. The van der Waals surface area contributed by atoms with E-state index >= 15 is 0 Å². The van der Waals surface area contributed by atoms with Crippen molar-refractivity contribution in [2.75, 3.05) is 0 Å². The van der Waals surface area contributed by atoms with Gasteiger partial charge in [-0.25, -0.2) is 0 Å². The number of nitrogens with zero attached hydrogens (tertiary/aromatic N) is 2. The third kappa shape index (κ3) is 3.42. The second-order valence-electron chi connectivity index (χ2n) is 4.20. The van der Waals surface area contributed by atoms with Gasteiger partial charge in [-0.05, 0) is 23.8 Å². The van der Waals surface area contributed by atoms with E-state index in [9.17, 15) is 14.9 Å². The molecule has 0 aliphatic carbocycles. The van der Waals surface area contributed by atoms with Gasteiger partial charge < -0.3 is 4.74 Å². The molecule has 0 aliphatic heterocycles. The predicted octanol–water partition coefficient (Wildman–Crippen LogP) is 2.86. The predicted molar refractivity (Wildman–Crippen MR) is 74.0 cm³/mol. The number of nitro groups is 1. The van der Waals surface area contributed by atoms with Gasteiger partial charge in [-0.1, -0.05) is 12.1 Å². The summed E-state index contributed by atoms with van der Waals surface area (Å²) in [6.07, 6.45) is 0.508. The summed E-state index contributed by atoms with van der Waals surface area (Å²) < 4.78 is 5.49. The Morgan fingerprint density at radius 2 is 2.10 bits per heavy atom. The first-order valence-electron chi connectivity index (χ1n) is 5.99. The summed E-state index contributed by atoms with van der Waals surface area (Å²) in [5.41, 5.74) is 1.22. The Morgan fingerprint density at radius 3 is 2.76 bits per heavy atom. The quantitative estimate of drug-likeness (QED) is 0.477. The smallest absolute Gasteiger partial charge is 0.270 e. The molecule has 2 aromatic rings. The van der Waals surface area contributed by atoms with Crippen LogP contribution in [0.1, 0.15) is 21.5 Å². The van der Waals surface area contributed by atoms with Crippen LogP contribution in [0.25, 0.3) is 0 Å². The number of nitro benzene ring substituents is 1. The Kier molecular flexibility index (Phi) is 4.26. The second-order valence-corrected chi connectivity index (χ2v) is 4.20. The van der Waals surface area contributed by atoms with Gasteiger partial charge in [0.2, 0.25) is 0 Å². The highest BCUT2D eigenvalue weighted by molar-refractivity contribution is 5.80. The zero-order valence-corrected chi connectivity index (χ0v) is 10.9. The first-order valence-corrected chi connectivity index (χ1v) is 5.99. The maximum atomic E-state index is 11.0. The van der Waals surface area contributed by atoms with Crippen LogP contribution in [0.5, 0.6) is 5.75 Å². The topological polar surface area (TPSA) is 93.2 Å². The molecule has 0 heterocycles. The molecule has 6 nitrogen and oxygen atoms in total. The highest BCUT2D eigenvalue weighted by Crippen LogP contribution is 2.23. The van der Waals surface area contributed by atoms with Gasteiger partial charge in [-0.3, -0.25) is 14.9 Å². The fourth-order valence-electron chi connectivity index (χ4n) is 1.76. The average Bonchev–Trinajstić information content (AvgIpc) is 2.52. The lowest BCUT2D eigenvalue weighted by molar-refractivity contribution is -0.384. The third-order valence-electron chi connectivity index (χ3n) is 2.78. The zero-order chi connectivity index (χ0) is 15.2. The number of benzene rings is 2. The van der Waals surface area contributed by atoms with E-state index in [1.54, 1.807) is 24.3 Å². The van der Waals surface area contributed by atoms with Gasteiger partial charge in [0.25, 0.3) is 5.69 Å². The Labute approximate surface area is 120 Å². The lowest BCUT2D eigenvalue weighted by atomic mass is 10.1. The number of nitriles is 1. The number of aldehydes is 1. The van der Waals surface area contributed by atoms with Crippen LogP contribution in [0.4, 0.5) is 5.69 Å². The van der Waals surface area contributed by atoms with Crippen molar-refractivity contribution in [3.8, 4) is 11.8 Å². The molecule has 21 heavy (non-hydrogen) atoms. The Hall–Kier alpha value is -3.20. The average molecular weight is 282 g/mol. The summed E-state index contributed by atoms with van der Waals surface area (Å²) in [6, 6.07) is 12.7. The van der Waals surface area contributed by atoms with E-state index in [0.717, 1.165) is 11.6 Å². The largest absolute Gasteiger partial charge is 0.488 e. The molecule has 0 radical (unpaired) electrons. The first kappa shape index (κ1) is 14.2. The van der Waals surface area contributed by atoms with Crippen molar-refractivity contribution >= 4 is 12.0 Å². The maximum Gasteiger partial charge on any atom is 0.270 e. The minimum atomic E-state index is -0.576. The van der Waals surface area contributed by atoms with Crippen LogP contribution < -0.4 is 4.74 Å². The number of hydrogen-bond acceptors (Lipinski definition) is 5. The molecule has 0 saturated carbocycles. The number of carbonyl (C=O) groups excluding carboxylic acids is 1. The van der Waals surface area contributed by atoms with E-state index in [0.29, 0.717) is 11.8 Å². The molecule has 104 valence electrons. The molecule has 0 amide bonds. The summed E-state index contributed by atoms with van der Waals surface area (Å²) in [4.78, 5) is 21.0. The SMILES string of the molecule is N#Cc1cccc(COc2ccc([N+](=O)[O-])cc2C=O)c1. The summed E-state index contributed by atoms with van der Waals surface area (Å²) >= 11 is 0. The molecule has 0 N–H and O–H groups in total. The molecule has 0 bridgehead atoms. The van der Waals surface area contributed by atoms with Crippen molar-refractivity contribution in [1.82, 2.24) is 0 Å². The first-order chi connectivity index (χ1) is 10.1. The van der Waals surface area contributed by atoms with Crippen LogP contribution in [0.15, 0.2) is 42.5 Å². The normalized spacial score (nSPS) is 9.67. The maximum absolute atomic E-state index is 11.0. The number of ether oxygens (including phenoxy) is 1. The van der Waals surface area contributed by atoms with E-state index in [1.165, 1.54) is 12.1 Å². The Bertz CT molecular complexity index is 735. The lowest BCUT2D eigenvalue weighted by Crippen LogP contribution is -1.99. The van der Waals surface area contributed by atoms with Crippen molar-refractivity contribution in [3.63, 3.8) is 0 Å². The summed E-state index contributed by atoms with van der Waals surface area (Å²) in [5.74, 6) is 0.262. The van der Waals surface area contributed by atoms with Crippen molar-refractivity contribution in [3.05, 3.63) is 69.3 Å². The molecule has 2 aromatic carbocycles. The van der Waals surface area contributed by atoms with Crippen molar-refractivity contribution in [2.24, 2.45) is 0 Å². The molecule has 0 atom stereocenters. The summed E-state index contributed by atoms with van der Waals surface area (Å²) in [5, 5.41) is 19.5. The van der Waals surface area contributed by atoms with Gasteiger partial charge in [-0.2, -0.15) is 5.26 Å². The van der Waals surface area contributed by atoms with Gasteiger partial charge >= 0.3 is 0 Å². The molecule has 0 saturated heterocycles. The molecule has 6 heteroatoms. The molecule has 0 aromatic heterocycles. The van der Waals surface area contributed by atoms with Crippen molar-refractivity contribution in [2.45, 2.75) is 6.61 Å². The van der Waals surface area contributed by atoms with Crippen LogP contribution in [-0.2, 0) is 6.61 Å². The van der Waals surface area contributed by atoms with E-state index in [2.05, 4.69) is 0 Å². The van der Waals surface area contributed by atoms with Gasteiger partial charge in [0.1, 0.15) is 12.4 Å². The van der Waals surface area contributed by atoms with Gasteiger partial charge in [0, 0.05) is 12.1 Å². The van der Waals surface area contributed by atoms with Crippen LogP contribution in [0.3, 0.4) is 0 Å². The standard InChI is InChI=1S/C15H10N2O4/c16-8-11-2-1-3-12(6-11)10-21-15-5-4-14(17(19)20)7-13(15)9-18/h1-7,9H,10H2. The van der Waals surface area contributed by atoms with E-state index in [4.69, 9.17) is 10.00 Å². The fraction of sp³-hybridized carbons (Fsp3) is 0.0667. The second kappa shape index (κ2) is 6.30. The molecule has 0 aliphatic rings. The minimum Gasteiger partial charge on any atom is -0.488 e. The Balaban J connectivity index is 2.18. The third-order valence-corrected chi connectivity index (χ3v) is 2.78. The number of non-ortho nitro benzene ring substituents is 1. The van der Waals surface area contributed by atoms with E-state index in [1.807, 2.05) is 6.07 Å². The number of carbonyl (C=O) groups is 1. The van der Waals surface area contributed by atoms with Crippen LogP contribution in [0, 0.1) is 21.4 Å². The van der Waals surface area contributed by atoms with Crippen molar-refractivity contribution in [1.29, 1.82) is 5.26 Å². The van der Waals surface area contributed by atoms with Crippen molar-refractivity contribution < 1.29 is 14.5 Å². The van der Waals surface area contributed by atoms with Gasteiger partial charge in [0.05, 0.1) is 22.1 Å². The van der Waals surface area contributed by atoms with Crippen LogP contribution in [-0.4, -0.2) is 11.2 Å². The highest BCUT2D eigenvalue weighted by Gasteiger charge is 2.11. The summed E-state index contributed by atoms with van der Waals surface area (Å²) in [7, 11) is 0. The lowest BCUT2D eigenvalue weighted by Gasteiger charge is -2.08. The van der Waals surface area contributed by atoms with Gasteiger partial charge in [0.15, 0.2) is 6.29 Å². The molecular weight excluding hydrogens is 272 g/mol. The number of rotatable bonds is 5. The summed E-state index contributed by atoms with van der Waals surface area (Å²) in [6.45, 7) is 0.161.